The Morgan fingerprint density at radius 1 is 0.852 bits per heavy atom. The van der Waals surface area contributed by atoms with Crippen LogP contribution >= 0.6 is 11.6 Å². The van der Waals surface area contributed by atoms with Crippen LogP contribution in [-0.4, -0.2) is 14.2 Å². The molecule has 0 aromatic heterocycles. The second-order valence-electron chi connectivity index (χ2n) is 5.95. The predicted molar refractivity (Wildman–Crippen MR) is 109 cm³/mol. The second kappa shape index (κ2) is 9.19. The average molecular weight is 384 g/mol. The van der Waals surface area contributed by atoms with E-state index >= 15 is 0 Å². The van der Waals surface area contributed by atoms with Crippen molar-refractivity contribution in [3.8, 4) is 17.2 Å². The van der Waals surface area contributed by atoms with Gasteiger partial charge < -0.3 is 19.5 Å². The Bertz CT molecular complexity index is 867. The largest absolute Gasteiger partial charge is 0.497 e. The number of hydrogen-bond donors (Lipinski definition) is 1. The summed E-state index contributed by atoms with van der Waals surface area (Å²) in [5.74, 6) is 2.10. The van der Waals surface area contributed by atoms with E-state index in [0.717, 1.165) is 22.6 Å². The van der Waals surface area contributed by atoms with Gasteiger partial charge in [0.05, 0.1) is 14.2 Å². The number of ether oxygens (including phenoxy) is 3. The molecule has 140 valence electrons. The molecule has 0 saturated carbocycles. The summed E-state index contributed by atoms with van der Waals surface area (Å²) in [6, 6.07) is 21.4. The number of anilines is 1. The molecular formula is C22H22ClNO3. The van der Waals surface area contributed by atoms with Crippen LogP contribution in [-0.2, 0) is 13.2 Å². The van der Waals surface area contributed by atoms with E-state index in [4.69, 9.17) is 25.8 Å². The summed E-state index contributed by atoms with van der Waals surface area (Å²) in [5, 5.41) is 3.97. The quantitative estimate of drug-likeness (QED) is 0.553. The first kappa shape index (κ1) is 18.9. The zero-order chi connectivity index (χ0) is 19.1. The minimum absolute atomic E-state index is 0.455. The Morgan fingerprint density at radius 3 is 2.26 bits per heavy atom. The lowest BCUT2D eigenvalue weighted by Gasteiger charge is -2.15. The lowest BCUT2D eigenvalue weighted by molar-refractivity contribution is 0.284. The highest BCUT2D eigenvalue weighted by Gasteiger charge is 2.11. The molecule has 0 radical (unpaired) electrons. The third kappa shape index (κ3) is 5.08. The van der Waals surface area contributed by atoms with Crippen molar-refractivity contribution in [3.63, 3.8) is 0 Å². The summed E-state index contributed by atoms with van der Waals surface area (Å²) in [5.41, 5.74) is 2.99. The van der Waals surface area contributed by atoms with Crippen molar-refractivity contribution >= 4 is 17.3 Å². The number of hydrogen-bond acceptors (Lipinski definition) is 4. The molecule has 4 nitrogen and oxygen atoms in total. The van der Waals surface area contributed by atoms with E-state index in [9.17, 15) is 0 Å². The average Bonchev–Trinajstić information content (AvgIpc) is 2.72. The van der Waals surface area contributed by atoms with E-state index < -0.39 is 0 Å². The standard InChI is InChI=1S/C22H22ClNO3/c1-25-19-10-8-18(9-11-19)24-14-17-12-21(26-2)22(13-20(17)23)27-15-16-6-4-3-5-7-16/h3-13,24H,14-15H2,1-2H3. The molecule has 3 rings (SSSR count). The second-order valence-corrected chi connectivity index (χ2v) is 6.36. The lowest BCUT2D eigenvalue weighted by atomic mass is 10.2. The van der Waals surface area contributed by atoms with Gasteiger partial charge in [-0.15, -0.1) is 0 Å². The van der Waals surface area contributed by atoms with Gasteiger partial charge in [-0.2, -0.15) is 0 Å². The summed E-state index contributed by atoms with van der Waals surface area (Å²) in [7, 11) is 3.27. The highest BCUT2D eigenvalue weighted by Crippen LogP contribution is 2.34. The first-order chi connectivity index (χ1) is 13.2. The van der Waals surface area contributed by atoms with Crippen LogP contribution < -0.4 is 19.5 Å². The molecule has 0 amide bonds. The first-order valence-electron chi connectivity index (χ1n) is 8.60. The van der Waals surface area contributed by atoms with Crippen LogP contribution in [0.3, 0.4) is 0 Å². The summed E-state index contributed by atoms with van der Waals surface area (Å²) < 4.78 is 16.5. The fraction of sp³-hybridized carbons (Fsp3) is 0.182. The predicted octanol–water partition coefficient (Wildman–Crippen LogP) is 5.55. The summed E-state index contributed by atoms with van der Waals surface area (Å²) in [4.78, 5) is 0. The molecule has 5 heteroatoms. The van der Waals surface area contributed by atoms with Gasteiger partial charge >= 0.3 is 0 Å². The van der Waals surface area contributed by atoms with Gasteiger partial charge in [-0.25, -0.2) is 0 Å². The molecule has 3 aromatic carbocycles. The van der Waals surface area contributed by atoms with E-state index in [1.54, 1.807) is 20.3 Å². The fourth-order valence-corrected chi connectivity index (χ4v) is 2.85. The van der Waals surface area contributed by atoms with Crippen LogP contribution in [0, 0.1) is 0 Å². The highest BCUT2D eigenvalue weighted by molar-refractivity contribution is 6.31. The summed E-state index contributed by atoms with van der Waals surface area (Å²) >= 11 is 6.46. The molecule has 0 atom stereocenters. The summed E-state index contributed by atoms with van der Waals surface area (Å²) in [6.07, 6.45) is 0. The monoisotopic (exact) mass is 383 g/mol. The van der Waals surface area contributed by atoms with Crippen molar-refractivity contribution in [2.45, 2.75) is 13.2 Å². The molecule has 0 aliphatic heterocycles. The fourth-order valence-electron chi connectivity index (χ4n) is 2.63. The Labute approximate surface area is 164 Å². The normalized spacial score (nSPS) is 10.3. The smallest absolute Gasteiger partial charge is 0.163 e. The van der Waals surface area contributed by atoms with Crippen molar-refractivity contribution in [3.05, 3.63) is 82.9 Å². The van der Waals surface area contributed by atoms with Crippen LogP contribution in [0.5, 0.6) is 17.2 Å². The van der Waals surface area contributed by atoms with Gasteiger partial charge in [-0.05, 0) is 41.5 Å². The lowest BCUT2D eigenvalue weighted by Crippen LogP contribution is -2.03. The Hall–Kier alpha value is -2.85. The number of benzene rings is 3. The molecule has 0 spiro atoms. The number of rotatable bonds is 8. The van der Waals surface area contributed by atoms with Gasteiger partial charge in [0.2, 0.25) is 0 Å². The van der Waals surface area contributed by atoms with Crippen LogP contribution in [0.2, 0.25) is 5.02 Å². The van der Waals surface area contributed by atoms with Crippen LogP contribution in [0.1, 0.15) is 11.1 Å². The van der Waals surface area contributed by atoms with E-state index in [2.05, 4.69) is 5.32 Å². The third-order valence-corrected chi connectivity index (χ3v) is 4.49. The molecule has 3 aromatic rings. The summed E-state index contributed by atoms with van der Waals surface area (Å²) in [6.45, 7) is 1.03. The third-order valence-electron chi connectivity index (χ3n) is 4.14. The van der Waals surface area contributed by atoms with Gasteiger partial charge in [0, 0.05) is 23.3 Å². The molecule has 0 aliphatic carbocycles. The minimum Gasteiger partial charge on any atom is -0.497 e. The topological polar surface area (TPSA) is 39.7 Å². The molecule has 0 fully saturated rings. The SMILES string of the molecule is COc1ccc(NCc2cc(OC)c(OCc3ccccc3)cc2Cl)cc1. The number of methoxy groups -OCH3 is 2. The van der Waals surface area contributed by atoms with Gasteiger partial charge in [0.25, 0.3) is 0 Å². The molecule has 0 bridgehead atoms. The molecule has 27 heavy (non-hydrogen) atoms. The zero-order valence-electron chi connectivity index (χ0n) is 15.4. The zero-order valence-corrected chi connectivity index (χ0v) is 16.1. The van der Waals surface area contributed by atoms with E-state index in [0.29, 0.717) is 29.7 Å². The highest BCUT2D eigenvalue weighted by atomic mass is 35.5. The van der Waals surface area contributed by atoms with Crippen molar-refractivity contribution < 1.29 is 14.2 Å². The Morgan fingerprint density at radius 2 is 1.59 bits per heavy atom. The van der Waals surface area contributed by atoms with Crippen LogP contribution in [0.15, 0.2) is 66.7 Å². The van der Waals surface area contributed by atoms with E-state index in [1.807, 2.05) is 60.7 Å². The maximum absolute atomic E-state index is 6.46. The van der Waals surface area contributed by atoms with E-state index in [1.165, 1.54) is 0 Å². The molecule has 0 aliphatic rings. The van der Waals surface area contributed by atoms with E-state index in [-0.39, 0.29) is 0 Å². The maximum Gasteiger partial charge on any atom is 0.163 e. The maximum atomic E-state index is 6.46. The minimum atomic E-state index is 0.455. The molecule has 1 N–H and O–H groups in total. The molecule has 0 saturated heterocycles. The van der Waals surface area contributed by atoms with Crippen LogP contribution in [0.25, 0.3) is 0 Å². The molecular weight excluding hydrogens is 362 g/mol. The van der Waals surface area contributed by atoms with Crippen molar-refractivity contribution in [1.82, 2.24) is 0 Å². The van der Waals surface area contributed by atoms with Crippen molar-refractivity contribution in [1.29, 1.82) is 0 Å². The molecule has 0 unspecified atom stereocenters. The van der Waals surface area contributed by atoms with Crippen LogP contribution in [0.4, 0.5) is 5.69 Å². The van der Waals surface area contributed by atoms with Crippen molar-refractivity contribution in [2.24, 2.45) is 0 Å². The van der Waals surface area contributed by atoms with Gasteiger partial charge in [0.15, 0.2) is 11.5 Å². The first-order valence-corrected chi connectivity index (χ1v) is 8.98. The molecule has 0 heterocycles. The number of halogens is 1. The van der Waals surface area contributed by atoms with Gasteiger partial charge in [-0.3, -0.25) is 0 Å². The van der Waals surface area contributed by atoms with Gasteiger partial charge in [-0.1, -0.05) is 41.9 Å². The number of nitrogens with one attached hydrogen (secondary N) is 1. The van der Waals surface area contributed by atoms with Gasteiger partial charge in [0.1, 0.15) is 12.4 Å². The Kier molecular flexibility index (Phi) is 6.44. The Balaban J connectivity index is 1.69. The van der Waals surface area contributed by atoms with Crippen molar-refractivity contribution in [2.75, 3.05) is 19.5 Å².